The van der Waals surface area contributed by atoms with E-state index in [0.29, 0.717) is 24.4 Å². The number of rotatable bonds is 4. The predicted molar refractivity (Wildman–Crippen MR) is 73.1 cm³/mol. The molecule has 1 aromatic heterocycles. The molecule has 0 unspecified atom stereocenters. The quantitative estimate of drug-likeness (QED) is 0.933. The Morgan fingerprint density at radius 1 is 1.37 bits per heavy atom. The third kappa shape index (κ3) is 2.80. The lowest BCUT2D eigenvalue weighted by atomic mass is 9.76. The van der Waals surface area contributed by atoms with E-state index >= 15 is 0 Å². The Hall–Kier alpha value is -1.39. The van der Waals surface area contributed by atoms with Gasteiger partial charge in [0.1, 0.15) is 0 Å². The monoisotopic (exact) mass is 277 g/mol. The third-order valence-corrected chi connectivity index (χ3v) is 3.95. The minimum atomic E-state index is 0.514. The van der Waals surface area contributed by atoms with Gasteiger partial charge in [0, 0.05) is 18.0 Å². The number of hydrogen-bond donors (Lipinski definition) is 1. The number of halogens is 1. The van der Waals surface area contributed by atoms with Crippen LogP contribution in [-0.4, -0.2) is 16.2 Å². The Balaban J connectivity index is 1.49. The molecule has 0 bridgehead atoms. The molecule has 0 radical (unpaired) electrons. The average Bonchev–Trinajstić information content (AvgIpc) is 2.75. The molecule has 1 aliphatic carbocycles. The Morgan fingerprint density at radius 3 is 2.84 bits per heavy atom. The fourth-order valence-electron chi connectivity index (χ4n) is 2.49. The van der Waals surface area contributed by atoms with Gasteiger partial charge in [-0.3, -0.25) is 0 Å². The largest absolute Gasteiger partial charge is 0.340 e. The first kappa shape index (κ1) is 12.6. The van der Waals surface area contributed by atoms with Crippen molar-refractivity contribution in [2.45, 2.75) is 38.3 Å². The lowest BCUT2D eigenvalue weighted by Crippen LogP contribution is -2.39. The van der Waals surface area contributed by atoms with Crippen molar-refractivity contribution < 1.29 is 4.52 Å². The minimum absolute atomic E-state index is 0.514. The lowest BCUT2D eigenvalue weighted by molar-refractivity contribution is 0.285. The number of aryl methyl sites for hydroxylation is 1. The van der Waals surface area contributed by atoms with Gasteiger partial charge >= 0.3 is 0 Å². The van der Waals surface area contributed by atoms with Crippen LogP contribution in [0.15, 0.2) is 28.8 Å². The Kier molecular flexibility index (Phi) is 3.53. The van der Waals surface area contributed by atoms with Crippen LogP contribution in [0, 0.1) is 6.92 Å². The van der Waals surface area contributed by atoms with E-state index in [4.69, 9.17) is 16.1 Å². The van der Waals surface area contributed by atoms with Gasteiger partial charge in [0.15, 0.2) is 5.82 Å². The zero-order valence-corrected chi connectivity index (χ0v) is 11.5. The first-order valence-electron chi connectivity index (χ1n) is 6.49. The van der Waals surface area contributed by atoms with E-state index in [0.717, 1.165) is 23.7 Å². The highest BCUT2D eigenvalue weighted by Gasteiger charge is 2.31. The maximum Gasteiger partial charge on any atom is 0.223 e. The zero-order chi connectivity index (χ0) is 13.2. The standard InChI is InChI=1S/C14H16ClN3O/c1-9-17-14(18-19-9)8-16-11-6-10(7-11)12-4-2-3-5-13(12)15/h2-5,10-11,16H,6-8H2,1H3. The maximum absolute atomic E-state index is 6.20. The molecule has 100 valence electrons. The second-order valence-electron chi connectivity index (χ2n) is 5.00. The summed E-state index contributed by atoms with van der Waals surface area (Å²) in [7, 11) is 0. The van der Waals surface area contributed by atoms with Crippen LogP contribution in [0.3, 0.4) is 0 Å². The van der Waals surface area contributed by atoms with Crippen molar-refractivity contribution in [1.82, 2.24) is 15.5 Å². The molecule has 0 spiro atoms. The molecule has 1 heterocycles. The lowest BCUT2D eigenvalue weighted by Gasteiger charge is -2.36. The molecule has 0 amide bonds. The molecular formula is C14H16ClN3O. The van der Waals surface area contributed by atoms with E-state index in [-0.39, 0.29) is 0 Å². The summed E-state index contributed by atoms with van der Waals surface area (Å²) in [6, 6.07) is 8.61. The molecule has 1 aliphatic rings. The molecule has 2 aromatic rings. The molecule has 1 fully saturated rings. The SMILES string of the molecule is Cc1nc(CNC2CC(c3ccccc3Cl)C2)no1. The maximum atomic E-state index is 6.20. The van der Waals surface area contributed by atoms with Gasteiger partial charge < -0.3 is 9.84 Å². The second-order valence-corrected chi connectivity index (χ2v) is 5.40. The molecule has 1 N–H and O–H groups in total. The normalized spacial score (nSPS) is 22.2. The summed E-state index contributed by atoms with van der Waals surface area (Å²) in [6.45, 7) is 2.46. The average molecular weight is 278 g/mol. The van der Waals surface area contributed by atoms with Crippen molar-refractivity contribution in [2.75, 3.05) is 0 Å². The first-order valence-corrected chi connectivity index (χ1v) is 6.87. The highest BCUT2D eigenvalue weighted by molar-refractivity contribution is 6.31. The van der Waals surface area contributed by atoms with Gasteiger partial charge in [0.25, 0.3) is 0 Å². The van der Waals surface area contributed by atoms with Gasteiger partial charge in [0.2, 0.25) is 5.89 Å². The van der Waals surface area contributed by atoms with Crippen LogP contribution in [0.25, 0.3) is 0 Å². The Bertz CT molecular complexity index is 563. The summed E-state index contributed by atoms with van der Waals surface area (Å²) in [5.74, 6) is 1.90. The Labute approximate surface area is 117 Å². The van der Waals surface area contributed by atoms with Crippen molar-refractivity contribution >= 4 is 11.6 Å². The fraction of sp³-hybridized carbons (Fsp3) is 0.429. The summed E-state index contributed by atoms with van der Waals surface area (Å²) >= 11 is 6.20. The molecule has 19 heavy (non-hydrogen) atoms. The number of nitrogens with zero attached hydrogens (tertiary/aromatic N) is 2. The molecule has 1 aromatic carbocycles. The van der Waals surface area contributed by atoms with E-state index < -0.39 is 0 Å². The molecule has 0 atom stereocenters. The van der Waals surface area contributed by atoms with Crippen LogP contribution in [-0.2, 0) is 6.54 Å². The fourth-order valence-corrected chi connectivity index (χ4v) is 2.78. The summed E-state index contributed by atoms with van der Waals surface area (Å²) in [5.41, 5.74) is 1.26. The zero-order valence-electron chi connectivity index (χ0n) is 10.8. The van der Waals surface area contributed by atoms with Gasteiger partial charge in [-0.25, -0.2) is 0 Å². The van der Waals surface area contributed by atoms with E-state index in [1.165, 1.54) is 5.56 Å². The molecule has 4 nitrogen and oxygen atoms in total. The molecule has 5 heteroatoms. The van der Waals surface area contributed by atoms with Crippen molar-refractivity contribution in [2.24, 2.45) is 0 Å². The molecule has 0 saturated heterocycles. The number of nitrogens with one attached hydrogen (secondary N) is 1. The minimum Gasteiger partial charge on any atom is -0.340 e. The topological polar surface area (TPSA) is 51.0 Å². The van der Waals surface area contributed by atoms with Crippen LogP contribution in [0.2, 0.25) is 5.02 Å². The van der Waals surface area contributed by atoms with E-state index in [1.54, 1.807) is 6.92 Å². The van der Waals surface area contributed by atoms with Crippen LogP contribution < -0.4 is 5.32 Å². The highest BCUT2D eigenvalue weighted by Crippen LogP contribution is 2.39. The van der Waals surface area contributed by atoms with E-state index in [1.807, 2.05) is 18.2 Å². The molecular weight excluding hydrogens is 262 g/mol. The predicted octanol–water partition coefficient (Wildman–Crippen LogP) is 3.07. The number of aromatic nitrogens is 2. The van der Waals surface area contributed by atoms with Gasteiger partial charge in [0.05, 0.1) is 6.54 Å². The van der Waals surface area contributed by atoms with Crippen LogP contribution in [0.1, 0.15) is 36.0 Å². The van der Waals surface area contributed by atoms with Crippen molar-refractivity contribution in [3.8, 4) is 0 Å². The number of hydrogen-bond acceptors (Lipinski definition) is 4. The van der Waals surface area contributed by atoms with Crippen molar-refractivity contribution in [3.63, 3.8) is 0 Å². The molecule has 3 rings (SSSR count). The summed E-state index contributed by atoms with van der Waals surface area (Å²) in [4.78, 5) is 4.17. The van der Waals surface area contributed by atoms with Crippen molar-refractivity contribution in [3.05, 3.63) is 46.6 Å². The molecule has 1 saturated carbocycles. The van der Waals surface area contributed by atoms with E-state index in [9.17, 15) is 0 Å². The van der Waals surface area contributed by atoms with Gasteiger partial charge in [-0.15, -0.1) is 0 Å². The highest BCUT2D eigenvalue weighted by atomic mass is 35.5. The van der Waals surface area contributed by atoms with E-state index in [2.05, 4.69) is 21.5 Å². The van der Waals surface area contributed by atoms with Gasteiger partial charge in [-0.2, -0.15) is 4.98 Å². The van der Waals surface area contributed by atoms with Gasteiger partial charge in [-0.05, 0) is 30.4 Å². The smallest absolute Gasteiger partial charge is 0.223 e. The van der Waals surface area contributed by atoms with Crippen LogP contribution >= 0.6 is 11.6 Å². The second kappa shape index (κ2) is 5.31. The molecule has 0 aliphatic heterocycles. The van der Waals surface area contributed by atoms with Gasteiger partial charge in [-0.1, -0.05) is 35.0 Å². The number of benzene rings is 1. The van der Waals surface area contributed by atoms with Crippen LogP contribution in [0.4, 0.5) is 0 Å². The van der Waals surface area contributed by atoms with Crippen molar-refractivity contribution in [1.29, 1.82) is 0 Å². The third-order valence-electron chi connectivity index (χ3n) is 3.60. The van der Waals surface area contributed by atoms with Crippen LogP contribution in [0.5, 0.6) is 0 Å². The summed E-state index contributed by atoms with van der Waals surface area (Å²) in [6.07, 6.45) is 2.22. The first-order chi connectivity index (χ1) is 9.22. The summed E-state index contributed by atoms with van der Waals surface area (Å²) < 4.78 is 4.94. The Morgan fingerprint density at radius 2 is 2.16 bits per heavy atom. The summed E-state index contributed by atoms with van der Waals surface area (Å²) in [5, 5.41) is 8.18.